The molecule has 0 radical (unpaired) electrons. The Kier molecular flexibility index (Phi) is 4.36. The number of hydrogen-bond acceptors (Lipinski definition) is 4. The second-order valence-electron chi connectivity index (χ2n) is 5.16. The standard InChI is InChI=1S/C15H19N3O2S/c1-2-11-3-4-12(21-11)7-16-15(19)13-8-17-18-14(13)10-5-6-20-9-10/h3-4,8,10H,2,5-7,9H2,1H3,(H,16,19)(H,17,18)/t10-/m0/s1. The summed E-state index contributed by atoms with van der Waals surface area (Å²) in [5.41, 5.74) is 1.53. The van der Waals surface area contributed by atoms with Crippen molar-refractivity contribution >= 4 is 17.2 Å². The van der Waals surface area contributed by atoms with Gasteiger partial charge in [0.2, 0.25) is 0 Å². The van der Waals surface area contributed by atoms with Gasteiger partial charge in [0.25, 0.3) is 5.91 Å². The fourth-order valence-corrected chi connectivity index (χ4v) is 3.42. The molecule has 1 saturated heterocycles. The number of thiophene rings is 1. The van der Waals surface area contributed by atoms with Gasteiger partial charge in [-0.3, -0.25) is 9.89 Å². The van der Waals surface area contributed by atoms with Crippen molar-refractivity contribution in [3.63, 3.8) is 0 Å². The van der Waals surface area contributed by atoms with Crippen molar-refractivity contribution in [2.24, 2.45) is 0 Å². The van der Waals surface area contributed by atoms with Crippen LogP contribution < -0.4 is 5.32 Å². The largest absolute Gasteiger partial charge is 0.381 e. The third-order valence-corrected chi connectivity index (χ3v) is 4.97. The van der Waals surface area contributed by atoms with Gasteiger partial charge in [-0.1, -0.05) is 6.92 Å². The first-order valence-electron chi connectivity index (χ1n) is 7.24. The number of H-pyrrole nitrogens is 1. The lowest BCUT2D eigenvalue weighted by Crippen LogP contribution is -2.23. The number of carbonyl (C=O) groups is 1. The van der Waals surface area contributed by atoms with E-state index < -0.39 is 0 Å². The van der Waals surface area contributed by atoms with Crippen LogP contribution in [0.4, 0.5) is 0 Å². The van der Waals surface area contributed by atoms with Crippen molar-refractivity contribution in [3.8, 4) is 0 Å². The molecule has 1 aliphatic rings. The molecule has 2 aromatic rings. The van der Waals surface area contributed by atoms with E-state index in [-0.39, 0.29) is 11.8 Å². The van der Waals surface area contributed by atoms with Crippen LogP contribution in [0.1, 0.15) is 45.1 Å². The lowest BCUT2D eigenvalue weighted by molar-refractivity contribution is 0.0950. The third kappa shape index (κ3) is 3.16. The summed E-state index contributed by atoms with van der Waals surface area (Å²) < 4.78 is 5.38. The van der Waals surface area contributed by atoms with Gasteiger partial charge in [0, 0.05) is 22.3 Å². The van der Waals surface area contributed by atoms with E-state index in [1.165, 1.54) is 9.75 Å². The highest BCUT2D eigenvalue weighted by molar-refractivity contribution is 7.11. The van der Waals surface area contributed by atoms with Gasteiger partial charge in [-0.05, 0) is 25.0 Å². The van der Waals surface area contributed by atoms with E-state index >= 15 is 0 Å². The van der Waals surface area contributed by atoms with Crippen LogP contribution in [0, 0.1) is 0 Å². The van der Waals surface area contributed by atoms with Crippen LogP contribution in [-0.2, 0) is 17.7 Å². The van der Waals surface area contributed by atoms with Crippen LogP contribution in [0.15, 0.2) is 18.3 Å². The highest BCUT2D eigenvalue weighted by Gasteiger charge is 2.25. The molecule has 2 aromatic heterocycles. The number of rotatable bonds is 5. The Morgan fingerprint density at radius 3 is 3.10 bits per heavy atom. The molecule has 6 heteroatoms. The summed E-state index contributed by atoms with van der Waals surface area (Å²) in [6.45, 7) is 4.11. The lowest BCUT2D eigenvalue weighted by Gasteiger charge is -2.08. The number of nitrogens with zero attached hydrogens (tertiary/aromatic N) is 1. The minimum absolute atomic E-state index is 0.0721. The zero-order chi connectivity index (χ0) is 14.7. The van der Waals surface area contributed by atoms with E-state index in [9.17, 15) is 4.79 Å². The normalized spacial score (nSPS) is 18.0. The number of aromatic nitrogens is 2. The molecule has 1 fully saturated rings. The molecule has 3 heterocycles. The van der Waals surface area contributed by atoms with Crippen LogP contribution in [0.5, 0.6) is 0 Å². The monoisotopic (exact) mass is 305 g/mol. The quantitative estimate of drug-likeness (QED) is 0.891. The summed E-state index contributed by atoms with van der Waals surface area (Å²) in [5.74, 6) is 0.179. The fourth-order valence-electron chi connectivity index (χ4n) is 2.52. The smallest absolute Gasteiger partial charge is 0.255 e. The number of aromatic amines is 1. The first-order chi connectivity index (χ1) is 10.3. The number of amides is 1. The SMILES string of the molecule is CCc1ccc(CNC(=O)c2cn[nH]c2[C@H]2CCOC2)s1. The molecular formula is C15H19N3O2S. The zero-order valence-corrected chi connectivity index (χ0v) is 12.8. The summed E-state index contributed by atoms with van der Waals surface area (Å²) in [7, 11) is 0. The maximum absolute atomic E-state index is 12.3. The van der Waals surface area contributed by atoms with Crippen LogP contribution in [-0.4, -0.2) is 29.3 Å². The first-order valence-corrected chi connectivity index (χ1v) is 8.06. The number of ether oxygens (including phenoxy) is 1. The molecule has 5 nitrogen and oxygen atoms in total. The van der Waals surface area contributed by atoms with Crippen molar-refractivity contribution < 1.29 is 9.53 Å². The van der Waals surface area contributed by atoms with E-state index in [1.807, 2.05) is 0 Å². The molecule has 1 amide bonds. The van der Waals surface area contributed by atoms with Gasteiger partial charge in [-0.25, -0.2) is 0 Å². The second kappa shape index (κ2) is 6.41. The van der Waals surface area contributed by atoms with E-state index in [4.69, 9.17) is 4.74 Å². The summed E-state index contributed by atoms with van der Waals surface area (Å²) in [5, 5.41) is 9.95. The topological polar surface area (TPSA) is 67.0 Å². The van der Waals surface area contributed by atoms with E-state index in [0.29, 0.717) is 18.7 Å². The lowest BCUT2D eigenvalue weighted by atomic mass is 10.0. The van der Waals surface area contributed by atoms with Gasteiger partial charge in [0.1, 0.15) is 0 Å². The van der Waals surface area contributed by atoms with E-state index in [0.717, 1.165) is 25.1 Å². The van der Waals surface area contributed by atoms with Gasteiger partial charge in [-0.2, -0.15) is 5.10 Å². The van der Waals surface area contributed by atoms with Crippen molar-refractivity contribution in [1.29, 1.82) is 0 Å². The molecular weight excluding hydrogens is 286 g/mol. The first kappa shape index (κ1) is 14.3. The number of hydrogen-bond donors (Lipinski definition) is 2. The Balaban J connectivity index is 1.64. The number of carbonyl (C=O) groups excluding carboxylic acids is 1. The fraction of sp³-hybridized carbons (Fsp3) is 0.467. The maximum Gasteiger partial charge on any atom is 0.255 e. The number of nitrogens with one attached hydrogen (secondary N) is 2. The Labute approximate surface area is 127 Å². The Bertz CT molecular complexity index is 614. The summed E-state index contributed by atoms with van der Waals surface area (Å²) in [6, 6.07) is 4.19. The number of aryl methyl sites for hydroxylation is 1. The van der Waals surface area contributed by atoms with Gasteiger partial charge >= 0.3 is 0 Å². The maximum atomic E-state index is 12.3. The van der Waals surface area contributed by atoms with Crippen molar-refractivity contribution in [2.45, 2.75) is 32.2 Å². The molecule has 0 bridgehead atoms. The molecule has 0 aliphatic carbocycles. The molecule has 3 rings (SSSR count). The average molecular weight is 305 g/mol. The molecule has 0 unspecified atom stereocenters. The Morgan fingerprint density at radius 2 is 2.38 bits per heavy atom. The highest BCUT2D eigenvalue weighted by atomic mass is 32.1. The van der Waals surface area contributed by atoms with Gasteiger partial charge in [0.05, 0.1) is 30.6 Å². The Morgan fingerprint density at radius 1 is 1.52 bits per heavy atom. The van der Waals surface area contributed by atoms with Crippen LogP contribution >= 0.6 is 11.3 Å². The molecule has 1 atom stereocenters. The average Bonchev–Trinajstić information content (AvgIpc) is 3.24. The van der Waals surface area contributed by atoms with Gasteiger partial charge < -0.3 is 10.1 Å². The van der Waals surface area contributed by atoms with Crippen LogP contribution in [0.2, 0.25) is 0 Å². The molecule has 112 valence electrons. The van der Waals surface area contributed by atoms with Crippen molar-refractivity contribution in [2.75, 3.05) is 13.2 Å². The minimum Gasteiger partial charge on any atom is -0.381 e. The summed E-state index contributed by atoms with van der Waals surface area (Å²) in [4.78, 5) is 14.8. The third-order valence-electron chi connectivity index (χ3n) is 3.74. The second-order valence-corrected chi connectivity index (χ2v) is 6.41. The summed E-state index contributed by atoms with van der Waals surface area (Å²) >= 11 is 1.74. The molecule has 2 N–H and O–H groups in total. The Hall–Kier alpha value is -1.66. The molecule has 21 heavy (non-hydrogen) atoms. The van der Waals surface area contributed by atoms with Crippen LogP contribution in [0.3, 0.4) is 0 Å². The van der Waals surface area contributed by atoms with Gasteiger partial charge in [-0.15, -0.1) is 11.3 Å². The minimum atomic E-state index is -0.0721. The molecule has 0 aromatic carbocycles. The van der Waals surface area contributed by atoms with E-state index in [1.54, 1.807) is 17.5 Å². The van der Waals surface area contributed by atoms with E-state index in [2.05, 4.69) is 34.6 Å². The van der Waals surface area contributed by atoms with Crippen molar-refractivity contribution in [3.05, 3.63) is 39.3 Å². The molecule has 0 spiro atoms. The molecule has 1 aliphatic heterocycles. The van der Waals surface area contributed by atoms with Crippen LogP contribution in [0.25, 0.3) is 0 Å². The zero-order valence-electron chi connectivity index (χ0n) is 12.0. The summed E-state index contributed by atoms with van der Waals surface area (Å²) in [6.07, 6.45) is 3.58. The predicted molar refractivity (Wildman–Crippen MR) is 81.6 cm³/mol. The van der Waals surface area contributed by atoms with Crippen molar-refractivity contribution in [1.82, 2.24) is 15.5 Å². The highest BCUT2D eigenvalue weighted by Crippen LogP contribution is 2.26. The van der Waals surface area contributed by atoms with Gasteiger partial charge in [0.15, 0.2) is 0 Å². The predicted octanol–water partition coefficient (Wildman–Crippen LogP) is 2.47. The molecule has 0 saturated carbocycles.